The highest BCUT2D eigenvalue weighted by atomic mass is 16.6. The van der Waals surface area contributed by atoms with Crippen molar-refractivity contribution in [3.05, 3.63) is 125 Å². The maximum absolute atomic E-state index is 15.4. The fraction of sp³-hybridized carbons (Fsp3) is 0.381. The number of likely N-dealkylation sites (N-methyl/N-ethyl adjacent to an activating group) is 1. The lowest BCUT2D eigenvalue weighted by atomic mass is 9.74. The van der Waals surface area contributed by atoms with Crippen LogP contribution in [0.4, 0.5) is 5.69 Å². The molecular weight excluding hydrogens is 658 g/mol. The van der Waals surface area contributed by atoms with E-state index in [1.807, 2.05) is 112 Å². The molecule has 7 rings (SSSR count). The smallest absolute Gasteiger partial charge is 0.313 e. The van der Waals surface area contributed by atoms with Gasteiger partial charge in [0.1, 0.15) is 23.7 Å². The van der Waals surface area contributed by atoms with Crippen LogP contribution in [0.25, 0.3) is 0 Å². The Balaban J connectivity index is 1.40. The molecule has 270 valence electrons. The number of ether oxygens (including phenoxy) is 2. The zero-order valence-electron chi connectivity index (χ0n) is 29.9. The van der Waals surface area contributed by atoms with E-state index in [1.165, 1.54) is 4.90 Å². The van der Waals surface area contributed by atoms with Gasteiger partial charge in [-0.2, -0.15) is 0 Å². The van der Waals surface area contributed by atoms with Crippen LogP contribution >= 0.6 is 0 Å². The van der Waals surface area contributed by atoms with Crippen molar-refractivity contribution in [2.24, 2.45) is 11.8 Å². The third kappa shape index (κ3) is 5.84. The van der Waals surface area contributed by atoms with Crippen molar-refractivity contribution in [1.82, 2.24) is 9.80 Å². The number of hydrogen-bond donors (Lipinski definition) is 1. The summed E-state index contributed by atoms with van der Waals surface area (Å²) in [7, 11) is 1.70. The van der Waals surface area contributed by atoms with Crippen LogP contribution in [0, 0.1) is 25.7 Å². The lowest BCUT2D eigenvalue weighted by Gasteiger charge is -2.39. The number of cyclic esters (lactones) is 1. The van der Waals surface area contributed by atoms with Crippen LogP contribution in [0.5, 0.6) is 0 Å². The number of fused-ring (bicyclic) bond motifs is 2. The molecule has 2 fully saturated rings. The lowest BCUT2D eigenvalue weighted by Crippen LogP contribution is -2.57. The first-order chi connectivity index (χ1) is 25.1. The predicted octanol–water partition coefficient (Wildman–Crippen LogP) is 5.00. The number of rotatable bonds is 5. The van der Waals surface area contributed by atoms with Crippen LogP contribution in [0.1, 0.15) is 54.2 Å². The Morgan fingerprint density at radius 2 is 1.56 bits per heavy atom. The molecule has 3 aromatic carbocycles. The molecule has 0 aliphatic carbocycles. The molecule has 10 nitrogen and oxygen atoms in total. The molecule has 0 saturated carbocycles. The number of esters is 1. The van der Waals surface area contributed by atoms with Gasteiger partial charge in [0.05, 0.1) is 30.7 Å². The Morgan fingerprint density at radius 1 is 0.885 bits per heavy atom. The first-order valence-corrected chi connectivity index (χ1v) is 18.0. The van der Waals surface area contributed by atoms with Crippen molar-refractivity contribution >= 4 is 29.4 Å². The molecule has 1 N–H and O–H groups in total. The molecule has 4 aliphatic rings. The van der Waals surface area contributed by atoms with Gasteiger partial charge in [-0.15, -0.1) is 0 Å². The fourth-order valence-electron chi connectivity index (χ4n) is 8.60. The third-order valence-electron chi connectivity index (χ3n) is 11.3. The number of para-hydroxylation sites is 1. The summed E-state index contributed by atoms with van der Waals surface area (Å²) in [6.45, 7) is 5.42. The van der Waals surface area contributed by atoms with Gasteiger partial charge in [-0.25, -0.2) is 0 Å². The molecular formula is C42H45N3O7. The van der Waals surface area contributed by atoms with Crippen LogP contribution in [-0.4, -0.2) is 82.6 Å². The molecule has 0 unspecified atom stereocenters. The minimum atomic E-state index is -1.50. The molecule has 52 heavy (non-hydrogen) atoms. The van der Waals surface area contributed by atoms with E-state index in [0.717, 1.165) is 11.1 Å². The molecule has 0 radical (unpaired) electrons. The predicted molar refractivity (Wildman–Crippen MR) is 195 cm³/mol. The average molecular weight is 704 g/mol. The van der Waals surface area contributed by atoms with Crippen molar-refractivity contribution in [3.8, 4) is 0 Å². The van der Waals surface area contributed by atoms with Gasteiger partial charge in [-0.05, 0) is 49.4 Å². The van der Waals surface area contributed by atoms with Gasteiger partial charge in [0, 0.05) is 25.7 Å². The number of anilines is 1. The summed E-state index contributed by atoms with van der Waals surface area (Å²) < 4.78 is 13.0. The summed E-state index contributed by atoms with van der Waals surface area (Å²) in [4.78, 5) is 63.2. The summed E-state index contributed by atoms with van der Waals surface area (Å²) in [5, 5.41) is 11.0. The van der Waals surface area contributed by atoms with Crippen LogP contribution < -0.4 is 4.90 Å². The van der Waals surface area contributed by atoms with Gasteiger partial charge in [0.25, 0.3) is 5.91 Å². The number of aliphatic hydroxyl groups excluding tert-OH is 1. The highest BCUT2D eigenvalue weighted by molar-refractivity contribution is 6.06. The van der Waals surface area contributed by atoms with Gasteiger partial charge in [-0.1, -0.05) is 103 Å². The highest BCUT2D eigenvalue weighted by Gasteiger charge is 2.74. The molecule has 2 saturated heterocycles. The zero-order chi connectivity index (χ0) is 36.7. The summed E-state index contributed by atoms with van der Waals surface area (Å²) in [6, 6.07) is 21.5. The topological polar surface area (TPSA) is 117 Å². The van der Waals surface area contributed by atoms with Crippen LogP contribution in [-0.2, 0) is 28.7 Å². The van der Waals surface area contributed by atoms with E-state index >= 15 is 9.59 Å². The van der Waals surface area contributed by atoms with Crippen LogP contribution in [0.15, 0.2) is 103 Å². The number of carbonyl (C=O) groups is 4. The maximum Gasteiger partial charge on any atom is 0.313 e. The van der Waals surface area contributed by atoms with E-state index in [1.54, 1.807) is 29.0 Å². The SMILES string of the molecule is Cc1cccc(C)c1N1C/C=C\CCC(=O)N(C)[C@@H](C)[C@H](c2ccccc2)OC(=O)[C@@H]2[C@H]3C(=O)N([C@H](CO)c4ccccc4)[C@H](C1=O)[C@]31C=C[C@H]2O1. The number of allylic oxidation sites excluding steroid dienone is 1. The largest absolute Gasteiger partial charge is 0.455 e. The van der Waals surface area contributed by atoms with E-state index in [9.17, 15) is 14.7 Å². The molecule has 4 heterocycles. The third-order valence-corrected chi connectivity index (χ3v) is 11.3. The van der Waals surface area contributed by atoms with E-state index in [0.29, 0.717) is 23.2 Å². The molecule has 3 aromatic rings. The summed E-state index contributed by atoms with van der Waals surface area (Å²) in [5.74, 6) is -3.81. The Hall–Kier alpha value is -5.06. The second kappa shape index (κ2) is 14.2. The Morgan fingerprint density at radius 3 is 2.23 bits per heavy atom. The Bertz CT molecular complexity index is 1890. The summed E-state index contributed by atoms with van der Waals surface area (Å²) in [5.41, 5.74) is 2.28. The number of likely N-dealkylation sites (tertiary alicyclic amines) is 1. The van der Waals surface area contributed by atoms with E-state index in [4.69, 9.17) is 9.47 Å². The molecule has 1 spiro atoms. The van der Waals surface area contributed by atoms with E-state index < -0.39 is 72.2 Å². The minimum absolute atomic E-state index is 0.118. The number of aryl methyl sites for hydroxylation is 2. The fourth-order valence-corrected chi connectivity index (χ4v) is 8.60. The maximum atomic E-state index is 15.4. The van der Waals surface area contributed by atoms with E-state index in [2.05, 4.69) is 0 Å². The Kier molecular flexibility index (Phi) is 9.63. The van der Waals surface area contributed by atoms with Crippen molar-refractivity contribution in [1.29, 1.82) is 0 Å². The summed E-state index contributed by atoms with van der Waals surface area (Å²) in [6.07, 6.45) is 6.28. The minimum Gasteiger partial charge on any atom is -0.455 e. The van der Waals surface area contributed by atoms with Gasteiger partial charge in [-0.3, -0.25) is 19.2 Å². The number of amides is 3. The second-order valence-electron chi connectivity index (χ2n) is 14.3. The van der Waals surface area contributed by atoms with Crippen LogP contribution in [0.3, 0.4) is 0 Å². The highest BCUT2D eigenvalue weighted by Crippen LogP contribution is 2.57. The molecule has 8 atom stereocenters. The van der Waals surface area contributed by atoms with Gasteiger partial charge >= 0.3 is 5.97 Å². The Labute approximate surface area is 304 Å². The van der Waals surface area contributed by atoms with Crippen LogP contribution in [0.2, 0.25) is 0 Å². The average Bonchev–Trinajstić information content (AvgIpc) is 3.80. The molecule has 5 bridgehead atoms. The zero-order valence-corrected chi connectivity index (χ0v) is 29.9. The monoisotopic (exact) mass is 703 g/mol. The number of nitrogens with zero attached hydrogens (tertiary/aromatic N) is 3. The summed E-state index contributed by atoms with van der Waals surface area (Å²) >= 11 is 0. The van der Waals surface area contributed by atoms with Crippen molar-refractivity contribution in [2.45, 2.75) is 69.5 Å². The first kappa shape index (κ1) is 35.3. The molecule has 10 heteroatoms. The van der Waals surface area contributed by atoms with Gasteiger partial charge in [0.15, 0.2) is 0 Å². The number of hydrogen-bond acceptors (Lipinski definition) is 7. The van der Waals surface area contributed by atoms with Crippen molar-refractivity contribution in [3.63, 3.8) is 0 Å². The van der Waals surface area contributed by atoms with E-state index in [-0.39, 0.29) is 18.9 Å². The quantitative estimate of drug-likeness (QED) is 0.294. The number of carbonyl (C=O) groups excluding carboxylic acids is 4. The molecule has 3 amide bonds. The molecule has 4 aliphatic heterocycles. The van der Waals surface area contributed by atoms with Crippen molar-refractivity contribution in [2.75, 3.05) is 25.1 Å². The second-order valence-corrected chi connectivity index (χ2v) is 14.3. The van der Waals surface area contributed by atoms with Gasteiger partial charge in [0.2, 0.25) is 11.8 Å². The number of benzene rings is 3. The normalized spacial score (nSPS) is 30.4. The van der Waals surface area contributed by atoms with Gasteiger partial charge < -0.3 is 29.3 Å². The molecule has 0 aromatic heterocycles. The standard InChI is InChI=1S/C42H45N3O7/c1-26-15-14-16-27(2)36(26)44-24-13-7-12-21-33(47)43(4)28(3)37(30-19-10-6-11-20-30)51-41(50)34-32-22-23-42(52-32)35(34)39(48)45(38(42)40(44)49)31(25-46)29-17-8-5-9-18-29/h5-11,13-20,22-23,28,31-32,34-35,37-38,46H,12,21,24-25H2,1-4H3/b13-7-/t28-,31+,32+,34-,35-,37+,38+,42-/m0/s1. The first-order valence-electron chi connectivity index (χ1n) is 18.0. The number of aliphatic hydroxyl groups is 1. The van der Waals surface area contributed by atoms with Crippen molar-refractivity contribution < 1.29 is 33.8 Å². The lowest BCUT2D eigenvalue weighted by molar-refractivity contribution is -0.164.